The highest BCUT2D eigenvalue weighted by atomic mass is 31.2. The van der Waals surface area contributed by atoms with Gasteiger partial charge in [0.2, 0.25) is 0 Å². The second kappa shape index (κ2) is 29.6. The van der Waals surface area contributed by atoms with Crippen LogP contribution in [-0.2, 0) is 42.3 Å². The molecule has 286 valence electrons. The lowest BCUT2D eigenvalue weighted by Crippen LogP contribution is -2.37. The number of esters is 2. The standard InChI is InChI=1S/C36H66NO11P/c1-5-6-7-8-9-10-11-12-13-14-15-18-21-24-35(41)45-30-33(31-47-49(43,44)46-29-28-37(2,3)4)48-36(42)25-22-19-16-17-20-23-32(38)26-27-34(39)40/h26-27,33H,5-25,28-31H2,1-4H3,(H-,39,40,43,44)/b27-26+/t33-/m1/s1. The molecule has 12 nitrogen and oxygen atoms in total. The van der Waals surface area contributed by atoms with Crippen molar-refractivity contribution in [1.29, 1.82) is 0 Å². The van der Waals surface area contributed by atoms with Crippen LogP contribution < -0.4 is 4.89 Å². The molecule has 0 rings (SSSR count). The molecule has 1 N–H and O–H groups in total. The van der Waals surface area contributed by atoms with Crippen LogP contribution >= 0.6 is 7.82 Å². The summed E-state index contributed by atoms with van der Waals surface area (Å²) >= 11 is 0. The molecule has 0 amide bonds. The fraction of sp³-hybridized carbons (Fsp3) is 0.833. The van der Waals surface area contributed by atoms with Crippen LogP contribution in [-0.4, -0.2) is 86.9 Å². The molecule has 49 heavy (non-hydrogen) atoms. The molecular weight excluding hydrogens is 653 g/mol. The van der Waals surface area contributed by atoms with E-state index in [1.165, 1.54) is 57.8 Å². The number of phosphoric acid groups is 1. The van der Waals surface area contributed by atoms with Crippen molar-refractivity contribution in [3.05, 3.63) is 12.2 Å². The van der Waals surface area contributed by atoms with Crippen LogP contribution in [0.5, 0.6) is 0 Å². The number of ether oxygens (including phenoxy) is 2. The lowest BCUT2D eigenvalue weighted by Gasteiger charge is -2.28. The number of nitrogens with zero attached hydrogens (tertiary/aromatic N) is 1. The zero-order chi connectivity index (χ0) is 36.8. The van der Waals surface area contributed by atoms with Gasteiger partial charge in [0, 0.05) is 25.3 Å². The summed E-state index contributed by atoms with van der Waals surface area (Å²) in [6.07, 6.45) is 20.2. The minimum atomic E-state index is -4.67. The Labute approximate surface area is 295 Å². The number of rotatable bonds is 34. The first-order valence-electron chi connectivity index (χ1n) is 18.4. The van der Waals surface area contributed by atoms with E-state index >= 15 is 0 Å². The number of hydrogen-bond acceptors (Lipinski definition) is 10. The maximum atomic E-state index is 12.5. The van der Waals surface area contributed by atoms with Crippen LogP contribution in [0, 0.1) is 0 Å². The molecule has 0 heterocycles. The topological polar surface area (TPSA) is 166 Å². The number of quaternary nitrogens is 1. The summed E-state index contributed by atoms with van der Waals surface area (Å²) < 4.78 is 33.4. The van der Waals surface area contributed by atoms with Gasteiger partial charge in [0.15, 0.2) is 11.9 Å². The van der Waals surface area contributed by atoms with Gasteiger partial charge in [-0.3, -0.25) is 18.9 Å². The van der Waals surface area contributed by atoms with Crippen molar-refractivity contribution >= 4 is 31.5 Å². The second-order valence-electron chi connectivity index (χ2n) is 13.8. The highest BCUT2D eigenvalue weighted by Crippen LogP contribution is 2.38. The molecule has 0 bridgehead atoms. The summed E-state index contributed by atoms with van der Waals surface area (Å²) in [6.45, 7) is 1.73. The molecule has 0 aromatic heterocycles. The smallest absolute Gasteiger partial charge is 0.328 e. The van der Waals surface area contributed by atoms with Gasteiger partial charge < -0.3 is 33.0 Å². The molecule has 0 saturated heterocycles. The first kappa shape index (κ1) is 46.9. The van der Waals surface area contributed by atoms with Crippen LogP contribution in [0.3, 0.4) is 0 Å². The maximum Gasteiger partial charge on any atom is 0.328 e. The summed E-state index contributed by atoms with van der Waals surface area (Å²) in [5.74, 6) is -2.42. The lowest BCUT2D eigenvalue weighted by molar-refractivity contribution is -0.870. The predicted octanol–water partition coefficient (Wildman–Crippen LogP) is 7.07. The predicted molar refractivity (Wildman–Crippen MR) is 188 cm³/mol. The van der Waals surface area contributed by atoms with Gasteiger partial charge >= 0.3 is 17.9 Å². The van der Waals surface area contributed by atoms with E-state index in [2.05, 4.69) is 6.92 Å². The number of carbonyl (C=O) groups excluding carboxylic acids is 3. The van der Waals surface area contributed by atoms with Crippen LogP contribution in [0.2, 0.25) is 0 Å². The summed E-state index contributed by atoms with van der Waals surface area (Å²) in [7, 11) is 1.01. The molecule has 0 fully saturated rings. The van der Waals surface area contributed by atoms with E-state index in [-0.39, 0.29) is 38.3 Å². The third-order valence-corrected chi connectivity index (χ3v) is 8.82. The van der Waals surface area contributed by atoms with Crippen LogP contribution in [0.1, 0.15) is 142 Å². The Hall–Kier alpha value is -2.11. The van der Waals surface area contributed by atoms with Crippen molar-refractivity contribution in [2.45, 2.75) is 148 Å². The Balaban J connectivity index is 4.49. The van der Waals surface area contributed by atoms with Gasteiger partial charge in [-0.2, -0.15) is 0 Å². The zero-order valence-corrected chi connectivity index (χ0v) is 31.7. The van der Waals surface area contributed by atoms with Gasteiger partial charge in [-0.25, -0.2) is 4.79 Å². The van der Waals surface area contributed by atoms with Gasteiger partial charge in [0.1, 0.15) is 19.8 Å². The molecule has 0 saturated carbocycles. The number of ketones is 1. The van der Waals surface area contributed by atoms with Gasteiger partial charge in [0.25, 0.3) is 7.82 Å². The van der Waals surface area contributed by atoms with Gasteiger partial charge in [-0.05, 0) is 25.3 Å². The Bertz CT molecular complexity index is 981. The molecule has 1 unspecified atom stereocenters. The normalized spacial score (nSPS) is 13.7. The fourth-order valence-electron chi connectivity index (χ4n) is 4.89. The third-order valence-electron chi connectivity index (χ3n) is 7.86. The van der Waals surface area contributed by atoms with Crippen molar-refractivity contribution in [3.63, 3.8) is 0 Å². The average Bonchev–Trinajstić information content (AvgIpc) is 3.02. The van der Waals surface area contributed by atoms with Crippen molar-refractivity contribution in [1.82, 2.24) is 0 Å². The number of carboxylic acid groups (broad SMARTS) is 1. The van der Waals surface area contributed by atoms with E-state index in [0.29, 0.717) is 36.7 Å². The molecule has 0 spiro atoms. The zero-order valence-electron chi connectivity index (χ0n) is 30.8. The number of allylic oxidation sites excluding steroid dienone is 1. The molecule has 0 radical (unpaired) electrons. The van der Waals surface area contributed by atoms with Crippen LogP contribution in [0.4, 0.5) is 0 Å². The SMILES string of the molecule is CCCCCCCCCCCCCCCC(=O)OC[C@H](COP(=O)([O-])OCC[N+](C)(C)C)OC(=O)CCCCCCCC(=O)/C=C/C(=O)O. The van der Waals surface area contributed by atoms with E-state index in [4.69, 9.17) is 23.6 Å². The molecule has 0 aromatic rings. The molecule has 0 aliphatic carbocycles. The van der Waals surface area contributed by atoms with E-state index in [1.807, 2.05) is 21.1 Å². The van der Waals surface area contributed by atoms with E-state index in [9.17, 15) is 28.6 Å². The Morgan fingerprint density at radius 3 is 1.63 bits per heavy atom. The molecule has 2 atom stereocenters. The van der Waals surface area contributed by atoms with Crippen molar-refractivity contribution < 1.29 is 56.7 Å². The average molecular weight is 720 g/mol. The van der Waals surface area contributed by atoms with Crippen LogP contribution in [0.25, 0.3) is 0 Å². The van der Waals surface area contributed by atoms with Gasteiger partial charge in [0.05, 0.1) is 27.7 Å². The molecule has 13 heteroatoms. The van der Waals surface area contributed by atoms with Gasteiger partial charge in [-0.1, -0.05) is 103 Å². The number of unbranched alkanes of at least 4 members (excludes halogenated alkanes) is 16. The Kier molecular flexibility index (Phi) is 28.3. The van der Waals surface area contributed by atoms with E-state index < -0.39 is 38.4 Å². The first-order valence-corrected chi connectivity index (χ1v) is 19.9. The van der Waals surface area contributed by atoms with E-state index in [1.54, 1.807) is 0 Å². The number of carbonyl (C=O) groups is 4. The Morgan fingerprint density at radius 2 is 1.14 bits per heavy atom. The highest BCUT2D eigenvalue weighted by Gasteiger charge is 2.21. The number of aliphatic carboxylic acids is 1. The molecule has 0 aliphatic rings. The molecular formula is C36H66NO11P. The Morgan fingerprint density at radius 1 is 0.673 bits per heavy atom. The summed E-state index contributed by atoms with van der Waals surface area (Å²) in [5, 5.41) is 8.56. The molecule has 0 aliphatic heterocycles. The number of hydrogen-bond donors (Lipinski definition) is 1. The van der Waals surface area contributed by atoms with Crippen molar-refractivity contribution in [2.24, 2.45) is 0 Å². The maximum absolute atomic E-state index is 12.5. The quantitative estimate of drug-likeness (QED) is 0.0238. The third kappa shape index (κ3) is 34.1. The van der Waals surface area contributed by atoms with Crippen LogP contribution in [0.15, 0.2) is 12.2 Å². The summed E-state index contributed by atoms with van der Waals surface area (Å²) in [4.78, 5) is 59.2. The lowest BCUT2D eigenvalue weighted by atomic mass is 10.0. The number of likely N-dealkylation sites (N-methyl/N-ethyl adjacent to an activating group) is 1. The fourth-order valence-corrected chi connectivity index (χ4v) is 5.62. The highest BCUT2D eigenvalue weighted by molar-refractivity contribution is 7.45. The minimum absolute atomic E-state index is 0.0734. The van der Waals surface area contributed by atoms with E-state index in [0.717, 1.165) is 44.3 Å². The van der Waals surface area contributed by atoms with Crippen molar-refractivity contribution in [3.8, 4) is 0 Å². The van der Waals surface area contributed by atoms with Gasteiger partial charge in [-0.15, -0.1) is 0 Å². The monoisotopic (exact) mass is 719 g/mol. The largest absolute Gasteiger partial charge is 0.756 e. The number of carboxylic acids is 1. The minimum Gasteiger partial charge on any atom is -0.756 e. The summed E-state index contributed by atoms with van der Waals surface area (Å²) in [5.41, 5.74) is 0. The van der Waals surface area contributed by atoms with Crippen molar-refractivity contribution in [2.75, 3.05) is 47.5 Å². The summed E-state index contributed by atoms with van der Waals surface area (Å²) in [6, 6.07) is 0. The second-order valence-corrected chi connectivity index (χ2v) is 15.2. The molecule has 0 aromatic carbocycles. The number of phosphoric ester groups is 1. The first-order chi connectivity index (χ1) is 23.2.